The van der Waals surface area contributed by atoms with Crippen molar-refractivity contribution in [2.45, 2.75) is 58.9 Å². The van der Waals surface area contributed by atoms with Crippen molar-refractivity contribution in [3.63, 3.8) is 0 Å². The molecule has 4 N–H and O–H groups in total. The van der Waals surface area contributed by atoms with Crippen molar-refractivity contribution in [2.75, 3.05) is 25.0 Å². The number of primary amides is 1. The molecule has 1 aliphatic heterocycles. The smallest absolute Gasteiger partial charge is 0.341 e. The van der Waals surface area contributed by atoms with Gasteiger partial charge in [0, 0.05) is 23.6 Å². The van der Waals surface area contributed by atoms with Crippen LogP contribution < -0.4 is 16.0 Å². The van der Waals surface area contributed by atoms with E-state index in [-0.39, 0.29) is 29.7 Å². The predicted molar refractivity (Wildman–Crippen MR) is 112 cm³/mol. The molecule has 1 aromatic rings. The average molecular weight is 423 g/mol. The number of likely N-dealkylation sites (tertiary alicyclic amines) is 1. The fourth-order valence-electron chi connectivity index (χ4n) is 4.37. The van der Waals surface area contributed by atoms with Gasteiger partial charge in [0.25, 0.3) is 5.91 Å². The Balaban J connectivity index is 1.74. The summed E-state index contributed by atoms with van der Waals surface area (Å²) in [5.41, 5.74) is 7.00. The van der Waals surface area contributed by atoms with Crippen LogP contribution in [0.15, 0.2) is 0 Å². The summed E-state index contributed by atoms with van der Waals surface area (Å²) < 4.78 is 5.28. The molecule has 160 valence electrons. The first-order valence-corrected chi connectivity index (χ1v) is 11.4. The lowest BCUT2D eigenvalue weighted by atomic mass is 9.88. The van der Waals surface area contributed by atoms with Gasteiger partial charge in [0.1, 0.15) is 5.00 Å². The van der Waals surface area contributed by atoms with Gasteiger partial charge >= 0.3 is 5.97 Å². The zero-order valence-corrected chi connectivity index (χ0v) is 18.3. The second kappa shape index (κ2) is 9.26. The first-order chi connectivity index (χ1) is 13.8. The topological polar surface area (TPSA) is 103 Å². The molecule has 1 saturated heterocycles. The van der Waals surface area contributed by atoms with Crippen molar-refractivity contribution in [1.29, 1.82) is 0 Å². The van der Waals surface area contributed by atoms with Crippen LogP contribution in [0.1, 0.15) is 60.8 Å². The number of quaternary nitrogens is 1. The van der Waals surface area contributed by atoms with Crippen LogP contribution in [0.25, 0.3) is 0 Å². The minimum Gasteiger partial charge on any atom is -0.462 e. The van der Waals surface area contributed by atoms with E-state index in [2.05, 4.69) is 12.2 Å². The van der Waals surface area contributed by atoms with Crippen LogP contribution in [0.4, 0.5) is 5.00 Å². The van der Waals surface area contributed by atoms with Gasteiger partial charge in [-0.3, -0.25) is 9.59 Å². The molecule has 2 heterocycles. The van der Waals surface area contributed by atoms with Crippen molar-refractivity contribution < 1.29 is 24.0 Å². The van der Waals surface area contributed by atoms with Gasteiger partial charge < -0.3 is 20.7 Å². The van der Waals surface area contributed by atoms with Crippen molar-refractivity contribution in [3.05, 3.63) is 16.0 Å². The molecule has 8 heteroatoms. The van der Waals surface area contributed by atoms with Crippen LogP contribution in [0.2, 0.25) is 0 Å². The highest BCUT2D eigenvalue weighted by Gasteiger charge is 2.34. The summed E-state index contributed by atoms with van der Waals surface area (Å²) in [4.78, 5) is 39.3. The molecule has 2 atom stereocenters. The van der Waals surface area contributed by atoms with E-state index in [1.165, 1.54) is 16.2 Å². The molecule has 0 unspecified atom stereocenters. The summed E-state index contributed by atoms with van der Waals surface area (Å²) in [7, 11) is 0. The number of piperidine rings is 1. The number of amides is 2. The Hall–Kier alpha value is -1.93. The first-order valence-electron chi connectivity index (χ1n) is 10.6. The minimum atomic E-state index is -0.350. The zero-order chi connectivity index (χ0) is 21.1. The molecule has 2 aliphatic rings. The van der Waals surface area contributed by atoms with Gasteiger partial charge in [0.05, 0.1) is 25.3 Å². The van der Waals surface area contributed by atoms with Gasteiger partial charge in [-0.15, -0.1) is 11.3 Å². The molecule has 1 aliphatic carbocycles. The number of hydrogen-bond acceptors (Lipinski definition) is 5. The summed E-state index contributed by atoms with van der Waals surface area (Å²) in [6.45, 7) is 7.69. The second-order valence-corrected chi connectivity index (χ2v) is 9.43. The van der Waals surface area contributed by atoms with E-state index < -0.39 is 0 Å². The summed E-state index contributed by atoms with van der Waals surface area (Å²) >= 11 is 1.51. The molecule has 0 radical (unpaired) electrons. The van der Waals surface area contributed by atoms with Gasteiger partial charge in [-0.05, 0) is 44.6 Å². The zero-order valence-electron chi connectivity index (χ0n) is 17.5. The summed E-state index contributed by atoms with van der Waals surface area (Å²) in [5.74, 6) is -0.212. The molecular weight excluding hydrogens is 390 g/mol. The quantitative estimate of drug-likeness (QED) is 0.599. The molecule has 0 saturated carbocycles. The SMILES string of the molecule is CCOC(=O)c1c(NC(=O)[C@H](C)[NH+]2CCC(C(N)=O)CC2)sc2c1CC[C@@H](C)C2. The van der Waals surface area contributed by atoms with Crippen molar-refractivity contribution in [2.24, 2.45) is 17.6 Å². The van der Waals surface area contributed by atoms with Crippen LogP contribution in [0.3, 0.4) is 0 Å². The Kier molecular flexibility index (Phi) is 6.95. The Morgan fingerprint density at radius 2 is 1.97 bits per heavy atom. The highest BCUT2D eigenvalue weighted by molar-refractivity contribution is 7.17. The van der Waals surface area contributed by atoms with Crippen LogP contribution in [0, 0.1) is 11.8 Å². The lowest BCUT2D eigenvalue weighted by molar-refractivity contribution is -0.919. The fourth-order valence-corrected chi connectivity index (χ4v) is 5.77. The number of carbonyl (C=O) groups is 3. The number of carbonyl (C=O) groups excluding carboxylic acids is 3. The Bertz CT molecular complexity index is 783. The van der Waals surface area contributed by atoms with E-state index in [1.807, 2.05) is 6.92 Å². The number of nitrogens with two attached hydrogens (primary N) is 1. The normalized spacial score (nSPS) is 25.0. The van der Waals surface area contributed by atoms with Gasteiger partial charge in [-0.1, -0.05) is 6.92 Å². The number of fused-ring (bicyclic) bond motifs is 1. The molecule has 29 heavy (non-hydrogen) atoms. The summed E-state index contributed by atoms with van der Waals surface area (Å²) in [6.07, 6.45) is 4.24. The number of hydrogen-bond donors (Lipinski definition) is 3. The van der Waals surface area contributed by atoms with Crippen LogP contribution >= 0.6 is 11.3 Å². The van der Waals surface area contributed by atoms with E-state index in [0.717, 1.165) is 42.8 Å². The number of nitrogens with one attached hydrogen (secondary N) is 2. The molecule has 0 bridgehead atoms. The first kappa shape index (κ1) is 21.8. The standard InChI is InChI=1S/C21H31N3O4S/c1-4-28-21(27)17-15-6-5-12(2)11-16(15)29-20(17)23-19(26)13(3)24-9-7-14(8-10-24)18(22)25/h12-14H,4-11H2,1-3H3,(H2,22,25)(H,23,26)/p+1/t12-,13+/m1/s1. The molecule has 3 rings (SSSR count). The maximum absolute atomic E-state index is 13.0. The predicted octanol–water partition coefficient (Wildman–Crippen LogP) is 1.16. The molecule has 1 fully saturated rings. The Morgan fingerprint density at radius 1 is 1.28 bits per heavy atom. The lowest BCUT2D eigenvalue weighted by Crippen LogP contribution is -3.17. The Morgan fingerprint density at radius 3 is 2.59 bits per heavy atom. The maximum Gasteiger partial charge on any atom is 0.341 e. The molecular formula is C21H32N3O4S+. The monoisotopic (exact) mass is 422 g/mol. The summed E-state index contributed by atoms with van der Waals surface area (Å²) in [6, 6.07) is -0.267. The van der Waals surface area contributed by atoms with Crippen molar-refractivity contribution >= 4 is 34.1 Å². The van der Waals surface area contributed by atoms with E-state index in [9.17, 15) is 14.4 Å². The largest absolute Gasteiger partial charge is 0.462 e. The van der Waals surface area contributed by atoms with E-state index in [4.69, 9.17) is 10.5 Å². The third-order valence-corrected chi connectivity index (χ3v) is 7.43. The minimum absolute atomic E-state index is 0.0876. The van der Waals surface area contributed by atoms with E-state index in [0.29, 0.717) is 35.9 Å². The average Bonchev–Trinajstić information content (AvgIpc) is 3.04. The van der Waals surface area contributed by atoms with Crippen LogP contribution in [-0.2, 0) is 27.2 Å². The van der Waals surface area contributed by atoms with Crippen LogP contribution in [-0.4, -0.2) is 43.5 Å². The number of thiophene rings is 1. The second-order valence-electron chi connectivity index (χ2n) is 8.32. The molecule has 0 aromatic carbocycles. The Labute approximate surface area is 176 Å². The summed E-state index contributed by atoms with van der Waals surface area (Å²) in [5, 5.41) is 3.64. The highest BCUT2D eigenvalue weighted by atomic mass is 32.1. The van der Waals surface area contributed by atoms with Gasteiger partial charge in [-0.2, -0.15) is 0 Å². The lowest BCUT2D eigenvalue weighted by Gasteiger charge is -2.31. The molecule has 7 nitrogen and oxygen atoms in total. The molecule has 0 spiro atoms. The van der Waals surface area contributed by atoms with Crippen molar-refractivity contribution in [1.82, 2.24) is 0 Å². The molecule has 1 aromatic heterocycles. The van der Waals surface area contributed by atoms with E-state index >= 15 is 0 Å². The van der Waals surface area contributed by atoms with Crippen molar-refractivity contribution in [3.8, 4) is 0 Å². The number of esters is 1. The third kappa shape index (κ3) is 4.80. The van der Waals surface area contributed by atoms with E-state index in [1.54, 1.807) is 6.92 Å². The fraction of sp³-hybridized carbons (Fsp3) is 0.667. The van der Waals surface area contributed by atoms with Gasteiger partial charge in [0.15, 0.2) is 6.04 Å². The maximum atomic E-state index is 13.0. The molecule has 2 amide bonds. The number of rotatable bonds is 6. The highest BCUT2D eigenvalue weighted by Crippen LogP contribution is 2.40. The third-order valence-electron chi connectivity index (χ3n) is 6.26. The van der Waals surface area contributed by atoms with Crippen LogP contribution in [0.5, 0.6) is 0 Å². The number of anilines is 1. The number of ether oxygens (including phenoxy) is 1. The van der Waals surface area contributed by atoms with Gasteiger partial charge in [-0.25, -0.2) is 4.79 Å². The van der Waals surface area contributed by atoms with Gasteiger partial charge in [0.2, 0.25) is 5.91 Å².